The Balaban J connectivity index is 1.81. The lowest BCUT2D eigenvalue weighted by molar-refractivity contribution is -0.128. The van der Waals surface area contributed by atoms with Crippen molar-refractivity contribution in [3.05, 3.63) is 29.8 Å². The standard InChI is InChI=1S/C15H18N2O4/c1-17(2)15(19)7-8-16-14(18)6-4-11-3-5-12-13(9-11)21-10-20-12/h3-6,9H,7-8,10H2,1-2H3,(H,16,18)/b6-4+. The van der Waals surface area contributed by atoms with E-state index in [1.165, 1.54) is 11.0 Å². The molecule has 1 N–H and O–H groups in total. The second kappa shape index (κ2) is 6.78. The summed E-state index contributed by atoms with van der Waals surface area (Å²) in [7, 11) is 3.37. The van der Waals surface area contributed by atoms with E-state index >= 15 is 0 Å². The van der Waals surface area contributed by atoms with Gasteiger partial charge in [-0.25, -0.2) is 0 Å². The molecule has 1 aliphatic heterocycles. The minimum absolute atomic E-state index is 0.0185. The maximum atomic E-state index is 11.6. The molecule has 2 amide bonds. The molecule has 0 aliphatic carbocycles. The van der Waals surface area contributed by atoms with Gasteiger partial charge in [0.05, 0.1) is 0 Å². The van der Waals surface area contributed by atoms with Crippen LogP contribution < -0.4 is 14.8 Å². The fourth-order valence-electron chi connectivity index (χ4n) is 1.76. The van der Waals surface area contributed by atoms with Gasteiger partial charge in [-0.3, -0.25) is 9.59 Å². The summed E-state index contributed by atoms with van der Waals surface area (Å²) in [5.41, 5.74) is 0.846. The highest BCUT2D eigenvalue weighted by Gasteiger charge is 2.12. The van der Waals surface area contributed by atoms with Crippen molar-refractivity contribution in [2.75, 3.05) is 27.4 Å². The van der Waals surface area contributed by atoms with Crippen molar-refractivity contribution in [1.29, 1.82) is 0 Å². The van der Waals surface area contributed by atoms with Crippen LogP contribution in [0.2, 0.25) is 0 Å². The predicted octanol–water partition coefficient (Wildman–Crippen LogP) is 1.02. The van der Waals surface area contributed by atoms with Crippen LogP contribution in [0.25, 0.3) is 6.08 Å². The van der Waals surface area contributed by atoms with E-state index in [0.29, 0.717) is 18.0 Å². The van der Waals surface area contributed by atoms with E-state index in [9.17, 15) is 9.59 Å². The van der Waals surface area contributed by atoms with E-state index in [4.69, 9.17) is 9.47 Å². The molecule has 0 saturated heterocycles. The number of amides is 2. The second-order valence-electron chi connectivity index (χ2n) is 4.78. The third-order valence-electron chi connectivity index (χ3n) is 2.96. The Morgan fingerprint density at radius 2 is 2.05 bits per heavy atom. The minimum Gasteiger partial charge on any atom is -0.454 e. The Morgan fingerprint density at radius 1 is 1.29 bits per heavy atom. The number of nitrogens with zero attached hydrogens (tertiary/aromatic N) is 1. The minimum atomic E-state index is -0.237. The molecule has 21 heavy (non-hydrogen) atoms. The smallest absolute Gasteiger partial charge is 0.244 e. The molecule has 0 aromatic heterocycles. The molecule has 0 saturated carbocycles. The van der Waals surface area contributed by atoms with Gasteiger partial charge >= 0.3 is 0 Å². The van der Waals surface area contributed by atoms with E-state index in [-0.39, 0.29) is 25.0 Å². The molecule has 6 heteroatoms. The highest BCUT2D eigenvalue weighted by atomic mass is 16.7. The first-order valence-corrected chi connectivity index (χ1v) is 6.62. The monoisotopic (exact) mass is 290 g/mol. The van der Waals surface area contributed by atoms with Gasteiger partial charge in [-0.15, -0.1) is 0 Å². The fraction of sp³-hybridized carbons (Fsp3) is 0.333. The number of benzene rings is 1. The van der Waals surface area contributed by atoms with Gasteiger partial charge in [0.25, 0.3) is 0 Å². The summed E-state index contributed by atoms with van der Waals surface area (Å²) in [6.45, 7) is 0.546. The van der Waals surface area contributed by atoms with E-state index < -0.39 is 0 Å². The molecule has 112 valence electrons. The zero-order valence-corrected chi connectivity index (χ0v) is 12.1. The van der Waals surface area contributed by atoms with Crippen LogP contribution in [0.5, 0.6) is 11.5 Å². The molecular weight excluding hydrogens is 272 g/mol. The zero-order chi connectivity index (χ0) is 15.2. The zero-order valence-electron chi connectivity index (χ0n) is 12.1. The predicted molar refractivity (Wildman–Crippen MR) is 77.9 cm³/mol. The molecule has 0 fully saturated rings. The summed E-state index contributed by atoms with van der Waals surface area (Å²) < 4.78 is 10.5. The largest absolute Gasteiger partial charge is 0.454 e. The van der Waals surface area contributed by atoms with Crippen molar-refractivity contribution in [3.63, 3.8) is 0 Å². The Kier molecular flexibility index (Phi) is 4.81. The van der Waals surface area contributed by atoms with Crippen LogP contribution in [-0.2, 0) is 9.59 Å². The number of carbonyl (C=O) groups is 2. The number of hydrogen-bond acceptors (Lipinski definition) is 4. The summed E-state index contributed by atoms with van der Waals surface area (Å²) in [5, 5.41) is 2.66. The number of nitrogens with one attached hydrogen (secondary N) is 1. The molecule has 0 unspecified atom stereocenters. The first-order valence-electron chi connectivity index (χ1n) is 6.62. The summed E-state index contributed by atoms with van der Waals surface area (Å²) in [5.74, 6) is 1.13. The van der Waals surface area contributed by atoms with Gasteiger partial charge in [-0.05, 0) is 23.8 Å². The summed E-state index contributed by atoms with van der Waals surface area (Å²) in [6, 6.07) is 5.45. The first-order chi connectivity index (χ1) is 10.1. The highest BCUT2D eigenvalue weighted by Crippen LogP contribution is 2.32. The number of hydrogen-bond donors (Lipinski definition) is 1. The lowest BCUT2D eigenvalue weighted by Gasteiger charge is -2.09. The molecule has 2 rings (SSSR count). The summed E-state index contributed by atoms with van der Waals surface area (Å²) >= 11 is 0. The molecule has 1 aromatic rings. The average Bonchev–Trinajstić information content (AvgIpc) is 2.92. The van der Waals surface area contributed by atoms with Gasteiger partial charge in [-0.2, -0.15) is 0 Å². The van der Waals surface area contributed by atoms with Gasteiger partial charge < -0.3 is 19.7 Å². The summed E-state index contributed by atoms with van der Waals surface area (Å²) in [6.07, 6.45) is 3.40. The van der Waals surface area contributed by atoms with E-state index in [0.717, 1.165) is 5.56 Å². The Bertz CT molecular complexity index is 567. The second-order valence-corrected chi connectivity index (χ2v) is 4.78. The van der Waals surface area contributed by atoms with Gasteiger partial charge in [-0.1, -0.05) is 6.07 Å². The van der Waals surface area contributed by atoms with Gasteiger partial charge in [0, 0.05) is 33.1 Å². The lowest BCUT2D eigenvalue weighted by atomic mass is 10.2. The Hall–Kier alpha value is -2.50. The molecule has 0 bridgehead atoms. The maximum absolute atomic E-state index is 11.6. The number of fused-ring (bicyclic) bond motifs is 1. The quantitative estimate of drug-likeness (QED) is 0.822. The molecular formula is C15H18N2O4. The van der Waals surface area contributed by atoms with E-state index in [1.54, 1.807) is 26.2 Å². The van der Waals surface area contributed by atoms with Crippen molar-refractivity contribution in [2.45, 2.75) is 6.42 Å². The Labute approximate surface area is 123 Å². The SMILES string of the molecule is CN(C)C(=O)CCNC(=O)/C=C/c1ccc2c(c1)OCO2. The summed E-state index contributed by atoms with van der Waals surface area (Å²) in [4.78, 5) is 24.5. The van der Waals surface area contributed by atoms with Crippen LogP contribution in [-0.4, -0.2) is 44.1 Å². The van der Waals surface area contributed by atoms with Crippen molar-refractivity contribution >= 4 is 17.9 Å². The van der Waals surface area contributed by atoms with E-state index in [1.807, 2.05) is 12.1 Å². The van der Waals surface area contributed by atoms with Crippen LogP contribution in [0.4, 0.5) is 0 Å². The van der Waals surface area contributed by atoms with Crippen molar-refractivity contribution in [2.24, 2.45) is 0 Å². The highest BCUT2D eigenvalue weighted by molar-refractivity contribution is 5.92. The lowest BCUT2D eigenvalue weighted by Crippen LogP contribution is -2.29. The van der Waals surface area contributed by atoms with Crippen LogP contribution in [0.1, 0.15) is 12.0 Å². The number of ether oxygens (including phenoxy) is 2. The molecule has 0 atom stereocenters. The van der Waals surface area contributed by atoms with E-state index in [2.05, 4.69) is 5.32 Å². The third kappa shape index (κ3) is 4.24. The molecule has 0 radical (unpaired) electrons. The molecule has 6 nitrogen and oxygen atoms in total. The average molecular weight is 290 g/mol. The molecule has 0 spiro atoms. The first kappa shape index (κ1) is 14.9. The topological polar surface area (TPSA) is 67.9 Å². The third-order valence-corrected chi connectivity index (χ3v) is 2.96. The van der Waals surface area contributed by atoms with Crippen LogP contribution in [0.15, 0.2) is 24.3 Å². The maximum Gasteiger partial charge on any atom is 0.244 e. The van der Waals surface area contributed by atoms with Crippen LogP contribution in [0, 0.1) is 0 Å². The molecule has 1 heterocycles. The van der Waals surface area contributed by atoms with Crippen LogP contribution >= 0.6 is 0 Å². The van der Waals surface area contributed by atoms with Crippen molar-refractivity contribution in [3.8, 4) is 11.5 Å². The Morgan fingerprint density at radius 3 is 2.81 bits per heavy atom. The van der Waals surface area contributed by atoms with Crippen LogP contribution in [0.3, 0.4) is 0 Å². The number of rotatable bonds is 5. The molecule has 1 aromatic carbocycles. The van der Waals surface area contributed by atoms with Gasteiger partial charge in [0.2, 0.25) is 18.6 Å². The normalized spacial score (nSPS) is 12.5. The number of carbonyl (C=O) groups excluding carboxylic acids is 2. The van der Waals surface area contributed by atoms with Gasteiger partial charge in [0.15, 0.2) is 11.5 Å². The van der Waals surface area contributed by atoms with Crippen molar-refractivity contribution < 1.29 is 19.1 Å². The van der Waals surface area contributed by atoms with Gasteiger partial charge in [0.1, 0.15) is 0 Å². The fourth-order valence-corrected chi connectivity index (χ4v) is 1.76. The molecule has 1 aliphatic rings. The van der Waals surface area contributed by atoms with Crippen molar-refractivity contribution in [1.82, 2.24) is 10.2 Å².